The van der Waals surface area contributed by atoms with E-state index >= 15 is 0 Å². The lowest BCUT2D eigenvalue weighted by atomic mass is 10.4. The molecule has 2 rings (SSSR count). The van der Waals surface area contributed by atoms with E-state index in [2.05, 4.69) is 10.1 Å². The second-order valence-corrected chi connectivity index (χ2v) is 3.21. The number of hydrogen-bond acceptors (Lipinski definition) is 5. The molecule has 0 radical (unpaired) electrons. The standard InChI is InChI=1S/C8H10N2O4/c11-7(12)4-13-3-6-9-8(14-10-6)5-1-2-5/h5H,1-4H2,(H,11,12). The van der Waals surface area contributed by atoms with Crippen LogP contribution in [0.5, 0.6) is 0 Å². The first kappa shape index (κ1) is 9.14. The summed E-state index contributed by atoms with van der Waals surface area (Å²) in [5, 5.41) is 12.0. The fourth-order valence-electron chi connectivity index (χ4n) is 1.05. The molecule has 1 heterocycles. The third-order valence-electron chi connectivity index (χ3n) is 1.87. The first-order valence-corrected chi connectivity index (χ1v) is 4.37. The molecular weight excluding hydrogens is 188 g/mol. The van der Waals surface area contributed by atoms with E-state index < -0.39 is 5.97 Å². The maximum atomic E-state index is 10.1. The molecule has 0 unspecified atom stereocenters. The van der Waals surface area contributed by atoms with Gasteiger partial charge in [-0.15, -0.1) is 0 Å². The molecule has 1 aliphatic carbocycles. The fourth-order valence-corrected chi connectivity index (χ4v) is 1.05. The summed E-state index contributed by atoms with van der Waals surface area (Å²) in [6, 6.07) is 0. The Morgan fingerprint density at radius 3 is 3.07 bits per heavy atom. The van der Waals surface area contributed by atoms with Crippen molar-refractivity contribution in [2.24, 2.45) is 0 Å². The summed E-state index contributed by atoms with van der Waals surface area (Å²) < 4.78 is 9.77. The van der Waals surface area contributed by atoms with Crippen molar-refractivity contribution in [1.29, 1.82) is 0 Å². The monoisotopic (exact) mass is 198 g/mol. The van der Waals surface area contributed by atoms with Crippen LogP contribution in [0, 0.1) is 0 Å². The molecule has 0 atom stereocenters. The van der Waals surface area contributed by atoms with Crippen LogP contribution in [0.15, 0.2) is 4.52 Å². The van der Waals surface area contributed by atoms with Crippen molar-refractivity contribution in [3.63, 3.8) is 0 Å². The van der Waals surface area contributed by atoms with E-state index in [9.17, 15) is 4.79 Å². The zero-order chi connectivity index (χ0) is 9.97. The van der Waals surface area contributed by atoms with Crippen molar-refractivity contribution in [2.75, 3.05) is 6.61 Å². The number of nitrogens with zero attached hydrogens (tertiary/aromatic N) is 2. The van der Waals surface area contributed by atoms with E-state index in [0.29, 0.717) is 17.6 Å². The van der Waals surface area contributed by atoms with Gasteiger partial charge in [-0.25, -0.2) is 4.79 Å². The number of carbonyl (C=O) groups is 1. The molecule has 1 saturated carbocycles. The van der Waals surface area contributed by atoms with Crippen molar-refractivity contribution in [2.45, 2.75) is 25.4 Å². The Bertz CT molecular complexity index is 332. The van der Waals surface area contributed by atoms with Crippen LogP contribution in [0.2, 0.25) is 0 Å². The van der Waals surface area contributed by atoms with E-state index in [0.717, 1.165) is 12.8 Å². The highest BCUT2D eigenvalue weighted by molar-refractivity contribution is 5.67. The van der Waals surface area contributed by atoms with Crippen molar-refractivity contribution in [1.82, 2.24) is 10.1 Å². The lowest BCUT2D eigenvalue weighted by molar-refractivity contribution is -0.142. The molecule has 6 heteroatoms. The van der Waals surface area contributed by atoms with Gasteiger partial charge in [0.25, 0.3) is 0 Å². The number of aliphatic carboxylic acids is 1. The number of ether oxygens (including phenoxy) is 1. The van der Waals surface area contributed by atoms with Crippen LogP contribution < -0.4 is 0 Å². The van der Waals surface area contributed by atoms with Crippen LogP contribution in [-0.4, -0.2) is 27.8 Å². The molecule has 0 spiro atoms. The molecule has 1 N–H and O–H groups in total. The summed E-state index contributed by atoms with van der Waals surface area (Å²) >= 11 is 0. The second-order valence-electron chi connectivity index (χ2n) is 3.21. The molecule has 1 fully saturated rings. The molecular formula is C8H10N2O4. The van der Waals surface area contributed by atoms with Gasteiger partial charge in [0.1, 0.15) is 13.2 Å². The predicted octanol–water partition coefficient (Wildman–Crippen LogP) is 0.548. The summed E-state index contributed by atoms with van der Waals surface area (Å²) in [6.07, 6.45) is 2.19. The Hall–Kier alpha value is -1.43. The van der Waals surface area contributed by atoms with E-state index in [-0.39, 0.29) is 13.2 Å². The van der Waals surface area contributed by atoms with E-state index in [4.69, 9.17) is 14.4 Å². The minimum absolute atomic E-state index is 0.0858. The molecule has 0 amide bonds. The van der Waals surface area contributed by atoms with Gasteiger partial charge in [0.2, 0.25) is 5.89 Å². The minimum atomic E-state index is -1.00. The van der Waals surface area contributed by atoms with Gasteiger partial charge >= 0.3 is 5.97 Å². The van der Waals surface area contributed by atoms with Gasteiger partial charge in [-0.05, 0) is 12.8 Å². The molecule has 0 aromatic carbocycles. The molecule has 14 heavy (non-hydrogen) atoms. The van der Waals surface area contributed by atoms with E-state index in [1.807, 2.05) is 0 Å². The number of rotatable bonds is 5. The molecule has 0 aliphatic heterocycles. The van der Waals surface area contributed by atoms with Gasteiger partial charge in [-0.3, -0.25) is 0 Å². The second kappa shape index (κ2) is 3.75. The van der Waals surface area contributed by atoms with Crippen molar-refractivity contribution < 1.29 is 19.2 Å². The number of hydrogen-bond donors (Lipinski definition) is 1. The van der Waals surface area contributed by atoms with Crippen molar-refractivity contribution in [3.05, 3.63) is 11.7 Å². The Balaban J connectivity index is 1.80. The predicted molar refractivity (Wildman–Crippen MR) is 43.6 cm³/mol. The summed E-state index contributed by atoms with van der Waals surface area (Å²) in [5.74, 6) is 0.457. The van der Waals surface area contributed by atoms with Gasteiger partial charge < -0.3 is 14.4 Å². The van der Waals surface area contributed by atoms with Crippen LogP contribution >= 0.6 is 0 Å². The zero-order valence-electron chi connectivity index (χ0n) is 7.47. The highest BCUT2D eigenvalue weighted by atomic mass is 16.5. The summed E-state index contributed by atoms with van der Waals surface area (Å²) in [7, 11) is 0. The lowest BCUT2D eigenvalue weighted by Crippen LogP contribution is -2.07. The van der Waals surface area contributed by atoms with E-state index in [1.54, 1.807) is 0 Å². The average molecular weight is 198 g/mol. The van der Waals surface area contributed by atoms with Gasteiger partial charge in [-0.2, -0.15) is 4.98 Å². The Morgan fingerprint density at radius 1 is 1.64 bits per heavy atom. The summed E-state index contributed by atoms with van der Waals surface area (Å²) in [5.41, 5.74) is 0. The Kier molecular flexibility index (Phi) is 2.45. The normalized spacial score (nSPS) is 15.7. The van der Waals surface area contributed by atoms with Crippen LogP contribution in [0.25, 0.3) is 0 Å². The smallest absolute Gasteiger partial charge is 0.329 e. The molecule has 1 aromatic rings. The Morgan fingerprint density at radius 2 is 2.43 bits per heavy atom. The molecule has 1 aliphatic rings. The topological polar surface area (TPSA) is 85.5 Å². The number of aromatic nitrogens is 2. The van der Waals surface area contributed by atoms with Crippen LogP contribution in [0.1, 0.15) is 30.5 Å². The summed E-state index contributed by atoms with van der Waals surface area (Å²) in [4.78, 5) is 14.2. The van der Waals surface area contributed by atoms with Gasteiger partial charge in [0, 0.05) is 5.92 Å². The maximum Gasteiger partial charge on any atom is 0.329 e. The molecule has 6 nitrogen and oxygen atoms in total. The maximum absolute atomic E-state index is 10.1. The summed E-state index contributed by atoms with van der Waals surface area (Å²) in [6.45, 7) is -0.254. The third-order valence-corrected chi connectivity index (χ3v) is 1.87. The molecule has 0 saturated heterocycles. The fraction of sp³-hybridized carbons (Fsp3) is 0.625. The first-order chi connectivity index (χ1) is 6.75. The van der Waals surface area contributed by atoms with Crippen LogP contribution in [0.3, 0.4) is 0 Å². The van der Waals surface area contributed by atoms with Gasteiger partial charge in [-0.1, -0.05) is 5.16 Å². The van der Waals surface area contributed by atoms with Crippen molar-refractivity contribution >= 4 is 5.97 Å². The van der Waals surface area contributed by atoms with Crippen LogP contribution in [-0.2, 0) is 16.1 Å². The van der Waals surface area contributed by atoms with Gasteiger partial charge in [0.05, 0.1) is 0 Å². The SMILES string of the molecule is O=C(O)COCc1noc(C2CC2)n1. The zero-order valence-corrected chi connectivity index (χ0v) is 7.47. The highest BCUT2D eigenvalue weighted by Gasteiger charge is 2.29. The largest absolute Gasteiger partial charge is 0.480 e. The quantitative estimate of drug-likeness (QED) is 0.743. The Labute approximate surface area is 79.9 Å². The average Bonchev–Trinajstić information content (AvgIpc) is 2.87. The first-order valence-electron chi connectivity index (χ1n) is 4.37. The molecule has 0 bridgehead atoms. The third kappa shape index (κ3) is 2.29. The molecule has 1 aromatic heterocycles. The number of carboxylic acid groups (broad SMARTS) is 1. The minimum Gasteiger partial charge on any atom is -0.480 e. The van der Waals surface area contributed by atoms with Crippen molar-refractivity contribution in [3.8, 4) is 0 Å². The number of carboxylic acids is 1. The van der Waals surface area contributed by atoms with E-state index in [1.165, 1.54) is 0 Å². The van der Waals surface area contributed by atoms with Gasteiger partial charge in [0.15, 0.2) is 5.82 Å². The molecule has 76 valence electrons. The highest BCUT2D eigenvalue weighted by Crippen LogP contribution is 2.38. The van der Waals surface area contributed by atoms with Crippen LogP contribution in [0.4, 0.5) is 0 Å². The lowest BCUT2D eigenvalue weighted by Gasteiger charge is -1.93.